The number of nitrogens with one attached hydrogen (secondary N) is 3. The van der Waals surface area contributed by atoms with Crippen molar-refractivity contribution in [3.63, 3.8) is 0 Å². The molecule has 0 radical (unpaired) electrons. The minimum Gasteiger partial charge on any atom is -0.378 e. The Hall–Kier alpha value is -3.69. The molecule has 9 heteroatoms. The van der Waals surface area contributed by atoms with Crippen molar-refractivity contribution in [3.05, 3.63) is 89.5 Å². The van der Waals surface area contributed by atoms with Crippen molar-refractivity contribution < 1.29 is 18.0 Å². The molecule has 0 saturated carbocycles. The SMILES string of the molecule is CN(C)c1ccc(CNC(=O)[C@H](NS(=O)(=O)c2ccc3c(c2)CCC(=O)N3)c2ccccc2)cc1. The van der Waals surface area contributed by atoms with Crippen molar-refractivity contribution in [2.24, 2.45) is 0 Å². The van der Waals surface area contributed by atoms with Gasteiger partial charge < -0.3 is 15.5 Å². The lowest BCUT2D eigenvalue weighted by Crippen LogP contribution is -2.40. The fraction of sp³-hybridized carbons (Fsp3) is 0.231. The number of nitrogens with zero attached hydrogens (tertiary/aromatic N) is 1. The molecule has 2 amide bonds. The second kappa shape index (κ2) is 10.3. The molecule has 35 heavy (non-hydrogen) atoms. The Morgan fingerprint density at radius 3 is 2.40 bits per heavy atom. The Morgan fingerprint density at radius 2 is 1.71 bits per heavy atom. The molecule has 0 fully saturated rings. The summed E-state index contributed by atoms with van der Waals surface area (Å²) < 4.78 is 29.1. The minimum absolute atomic E-state index is 0.0420. The summed E-state index contributed by atoms with van der Waals surface area (Å²) in [6.07, 6.45) is 0.758. The lowest BCUT2D eigenvalue weighted by atomic mass is 10.0. The van der Waals surface area contributed by atoms with Gasteiger partial charge in [-0.3, -0.25) is 9.59 Å². The topological polar surface area (TPSA) is 108 Å². The highest BCUT2D eigenvalue weighted by atomic mass is 32.2. The molecular weight excluding hydrogens is 464 g/mol. The van der Waals surface area contributed by atoms with Gasteiger partial charge in [-0.25, -0.2) is 8.42 Å². The summed E-state index contributed by atoms with van der Waals surface area (Å²) in [5, 5.41) is 5.59. The zero-order chi connectivity index (χ0) is 25.0. The van der Waals surface area contributed by atoms with Gasteiger partial charge in [-0.05, 0) is 53.4 Å². The normalized spacial score (nSPS) is 13.9. The van der Waals surface area contributed by atoms with E-state index in [4.69, 9.17) is 0 Å². The van der Waals surface area contributed by atoms with Gasteiger partial charge >= 0.3 is 0 Å². The van der Waals surface area contributed by atoms with Gasteiger partial charge in [0.25, 0.3) is 0 Å². The standard InChI is InChI=1S/C26H28N4O4S/c1-30(2)21-11-8-18(9-12-21)17-27-26(32)25(19-6-4-3-5-7-19)29-35(33,34)22-13-14-23-20(16-22)10-15-24(31)28-23/h3-9,11-14,16,25,29H,10,15,17H2,1-2H3,(H,27,32)(H,28,31)/t25-/m1/s1. The summed E-state index contributed by atoms with van der Waals surface area (Å²) >= 11 is 0. The molecule has 0 unspecified atom stereocenters. The van der Waals surface area contributed by atoms with E-state index >= 15 is 0 Å². The number of benzene rings is 3. The molecule has 3 aromatic carbocycles. The summed E-state index contributed by atoms with van der Waals surface area (Å²) in [7, 11) is -0.126. The van der Waals surface area contributed by atoms with Gasteiger partial charge in [0.15, 0.2) is 0 Å². The summed E-state index contributed by atoms with van der Waals surface area (Å²) in [5.41, 5.74) is 3.82. The van der Waals surface area contributed by atoms with E-state index in [-0.39, 0.29) is 17.3 Å². The first-order chi connectivity index (χ1) is 16.7. The second-order valence-electron chi connectivity index (χ2n) is 8.61. The zero-order valence-corrected chi connectivity index (χ0v) is 20.4. The van der Waals surface area contributed by atoms with E-state index in [1.54, 1.807) is 42.5 Å². The quantitative estimate of drug-likeness (QED) is 0.448. The Bertz CT molecular complexity index is 1320. The van der Waals surface area contributed by atoms with Gasteiger partial charge in [0.05, 0.1) is 4.90 Å². The molecule has 0 saturated heterocycles. The largest absolute Gasteiger partial charge is 0.378 e. The number of sulfonamides is 1. The van der Waals surface area contributed by atoms with Crippen LogP contribution in [0.4, 0.5) is 11.4 Å². The molecule has 1 aliphatic rings. The number of carbonyl (C=O) groups excluding carboxylic acids is 2. The molecule has 0 aromatic heterocycles. The maximum absolute atomic E-state index is 13.3. The molecule has 0 spiro atoms. The van der Waals surface area contributed by atoms with E-state index in [1.165, 1.54) is 6.07 Å². The Morgan fingerprint density at radius 1 is 1.00 bits per heavy atom. The van der Waals surface area contributed by atoms with Crippen molar-refractivity contribution in [1.29, 1.82) is 0 Å². The van der Waals surface area contributed by atoms with Gasteiger partial charge in [0.2, 0.25) is 21.8 Å². The lowest BCUT2D eigenvalue weighted by molar-refractivity contribution is -0.123. The Kier molecular flexibility index (Phi) is 7.18. The summed E-state index contributed by atoms with van der Waals surface area (Å²) in [5.74, 6) is -0.551. The van der Waals surface area contributed by atoms with E-state index in [1.807, 2.05) is 43.3 Å². The molecule has 3 N–H and O–H groups in total. The van der Waals surface area contributed by atoms with Crippen molar-refractivity contribution in [1.82, 2.24) is 10.0 Å². The van der Waals surface area contributed by atoms with Crippen LogP contribution < -0.4 is 20.3 Å². The number of amides is 2. The van der Waals surface area contributed by atoms with Crippen molar-refractivity contribution in [2.75, 3.05) is 24.3 Å². The highest BCUT2D eigenvalue weighted by Gasteiger charge is 2.28. The molecular formula is C26H28N4O4S. The van der Waals surface area contributed by atoms with Gasteiger partial charge in [-0.1, -0.05) is 42.5 Å². The van der Waals surface area contributed by atoms with Crippen LogP contribution in [0.3, 0.4) is 0 Å². The highest BCUT2D eigenvalue weighted by molar-refractivity contribution is 7.89. The number of anilines is 2. The van der Waals surface area contributed by atoms with E-state index in [2.05, 4.69) is 15.4 Å². The minimum atomic E-state index is -4.03. The van der Waals surface area contributed by atoms with Gasteiger partial charge in [0, 0.05) is 38.4 Å². The molecule has 3 aromatic rings. The van der Waals surface area contributed by atoms with E-state index in [0.29, 0.717) is 24.1 Å². The molecule has 0 aliphatic carbocycles. The maximum Gasteiger partial charge on any atom is 0.243 e. The zero-order valence-electron chi connectivity index (χ0n) is 19.6. The molecule has 182 valence electrons. The number of rotatable bonds is 8. The fourth-order valence-corrected chi connectivity index (χ4v) is 5.11. The second-order valence-corrected chi connectivity index (χ2v) is 10.3. The van der Waals surface area contributed by atoms with E-state index < -0.39 is 22.0 Å². The predicted octanol–water partition coefficient (Wildman–Crippen LogP) is 2.97. The van der Waals surface area contributed by atoms with Crippen LogP contribution in [0.2, 0.25) is 0 Å². The van der Waals surface area contributed by atoms with Crippen molar-refractivity contribution >= 4 is 33.2 Å². The van der Waals surface area contributed by atoms with Crippen LogP contribution in [-0.2, 0) is 32.6 Å². The third kappa shape index (κ3) is 5.87. The maximum atomic E-state index is 13.3. The third-order valence-corrected chi connectivity index (χ3v) is 7.29. The first kappa shape index (κ1) is 24.4. The molecule has 4 rings (SSSR count). The number of fused-ring (bicyclic) bond motifs is 1. The Labute approximate surface area is 205 Å². The molecule has 1 heterocycles. The number of carbonyl (C=O) groups is 2. The number of hydrogen-bond acceptors (Lipinski definition) is 5. The lowest BCUT2D eigenvalue weighted by Gasteiger charge is -2.21. The van der Waals surface area contributed by atoms with Gasteiger partial charge in [0.1, 0.15) is 6.04 Å². The average molecular weight is 493 g/mol. The van der Waals surface area contributed by atoms with E-state index in [0.717, 1.165) is 16.8 Å². The smallest absolute Gasteiger partial charge is 0.243 e. The fourth-order valence-electron chi connectivity index (χ4n) is 3.87. The van der Waals surface area contributed by atoms with Crippen LogP contribution >= 0.6 is 0 Å². The summed E-state index contributed by atoms with van der Waals surface area (Å²) in [6.45, 7) is 0.260. The van der Waals surface area contributed by atoms with Crippen LogP contribution in [0.1, 0.15) is 29.2 Å². The van der Waals surface area contributed by atoms with Crippen LogP contribution in [0.5, 0.6) is 0 Å². The van der Waals surface area contributed by atoms with Crippen molar-refractivity contribution in [3.8, 4) is 0 Å². The average Bonchev–Trinajstić information content (AvgIpc) is 2.86. The van der Waals surface area contributed by atoms with Gasteiger partial charge in [-0.15, -0.1) is 0 Å². The summed E-state index contributed by atoms with van der Waals surface area (Å²) in [4.78, 5) is 26.8. The first-order valence-corrected chi connectivity index (χ1v) is 12.8. The molecule has 8 nitrogen and oxygen atoms in total. The number of aryl methyl sites for hydroxylation is 1. The monoisotopic (exact) mass is 492 g/mol. The van der Waals surface area contributed by atoms with Gasteiger partial charge in [-0.2, -0.15) is 4.72 Å². The van der Waals surface area contributed by atoms with Crippen LogP contribution in [-0.4, -0.2) is 34.3 Å². The molecule has 1 atom stereocenters. The van der Waals surface area contributed by atoms with Crippen LogP contribution in [0, 0.1) is 0 Å². The van der Waals surface area contributed by atoms with Crippen LogP contribution in [0.25, 0.3) is 0 Å². The van der Waals surface area contributed by atoms with Crippen LogP contribution in [0.15, 0.2) is 77.7 Å². The third-order valence-electron chi connectivity index (χ3n) is 5.87. The van der Waals surface area contributed by atoms with Crippen molar-refractivity contribution in [2.45, 2.75) is 30.3 Å². The molecule has 0 bridgehead atoms. The highest BCUT2D eigenvalue weighted by Crippen LogP contribution is 2.26. The van der Waals surface area contributed by atoms with E-state index in [9.17, 15) is 18.0 Å². The Balaban J connectivity index is 1.54. The summed E-state index contributed by atoms with van der Waals surface area (Å²) in [6, 6.07) is 19.9. The first-order valence-electron chi connectivity index (χ1n) is 11.3. The predicted molar refractivity (Wildman–Crippen MR) is 136 cm³/mol. The molecule has 1 aliphatic heterocycles. The number of hydrogen-bond donors (Lipinski definition) is 3.